The van der Waals surface area contributed by atoms with Crippen molar-refractivity contribution in [2.24, 2.45) is 0 Å². The molecule has 1 aromatic rings. The summed E-state index contributed by atoms with van der Waals surface area (Å²) in [6.45, 7) is 4.70. The molecule has 0 saturated heterocycles. The molecule has 0 bridgehead atoms. The first-order valence-corrected chi connectivity index (χ1v) is 6.49. The first-order chi connectivity index (χ1) is 8.69. The number of pyridine rings is 1. The second-order valence-electron chi connectivity index (χ2n) is 4.34. The van der Waals surface area contributed by atoms with Gasteiger partial charge in [-0.05, 0) is 24.5 Å². The summed E-state index contributed by atoms with van der Waals surface area (Å²) < 4.78 is 5.47. The summed E-state index contributed by atoms with van der Waals surface area (Å²) in [5.41, 5.74) is 0.726. The Morgan fingerprint density at radius 3 is 2.78 bits per heavy atom. The fourth-order valence-corrected chi connectivity index (χ4v) is 1.77. The van der Waals surface area contributed by atoms with Crippen LogP contribution >= 0.6 is 0 Å². The predicted molar refractivity (Wildman–Crippen MR) is 69.9 cm³/mol. The van der Waals surface area contributed by atoms with Crippen LogP contribution in [0.1, 0.15) is 51.0 Å². The van der Waals surface area contributed by atoms with Gasteiger partial charge in [-0.15, -0.1) is 0 Å². The van der Waals surface area contributed by atoms with E-state index in [0.717, 1.165) is 24.8 Å². The van der Waals surface area contributed by atoms with Gasteiger partial charge >= 0.3 is 5.97 Å². The van der Waals surface area contributed by atoms with Crippen LogP contribution in [0.2, 0.25) is 0 Å². The quantitative estimate of drug-likeness (QED) is 0.770. The number of carbonyl (C=O) groups is 1. The van der Waals surface area contributed by atoms with Gasteiger partial charge in [0.05, 0.1) is 18.7 Å². The molecule has 4 nitrogen and oxygen atoms in total. The Morgan fingerprint density at radius 1 is 1.39 bits per heavy atom. The van der Waals surface area contributed by atoms with E-state index in [9.17, 15) is 9.90 Å². The molecule has 1 unspecified atom stereocenters. The second kappa shape index (κ2) is 7.69. The normalized spacial score (nSPS) is 12.1. The van der Waals surface area contributed by atoms with Crippen LogP contribution in [0.15, 0.2) is 18.5 Å². The van der Waals surface area contributed by atoms with E-state index in [0.29, 0.717) is 18.8 Å². The molecule has 0 aliphatic carbocycles. The molecule has 0 aliphatic heterocycles. The monoisotopic (exact) mass is 251 g/mol. The third-order valence-electron chi connectivity index (χ3n) is 2.75. The van der Waals surface area contributed by atoms with E-state index in [2.05, 4.69) is 11.9 Å². The average Bonchev–Trinajstić information content (AvgIpc) is 2.37. The molecule has 0 aromatic carbocycles. The summed E-state index contributed by atoms with van der Waals surface area (Å²) in [5, 5.41) is 9.25. The Balaban J connectivity index is 2.80. The Hall–Kier alpha value is -1.58. The number of carboxylic acid groups (broad SMARTS) is 1. The van der Waals surface area contributed by atoms with E-state index in [4.69, 9.17) is 4.74 Å². The van der Waals surface area contributed by atoms with Crippen LogP contribution in [0.5, 0.6) is 5.75 Å². The van der Waals surface area contributed by atoms with Crippen molar-refractivity contribution in [3.63, 3.8) is 0 Å². The fourth-order valence-electron chi connectivity index (χ4n) is 1.77. The number of aliphatic carboxylic acids is 1. The summed E-state index contributed by atoms with van der Waals surface area (Å²) in [6, 6.07) is 1.79. The Kier molecular flexibility index (Phi) is 6.19. The van der Waals surface area contributed by atoms with Crippen molar-refractivity contribution < 1.29 is 14.6 Å². The molecule has 4 heteroatoms. The number of hydrogen-bond donors (Lipinski definition) is 1. The highest BCUT2D eigenvalue weighted by Crippen LogP contribution is 2.24. The number of ether oxygens (including phenoxy) is 1. The van der Waals surface area contributed by atoms with Gasteiger partial charge in [0, 0.05) is 6.20 Å². The van der Waals surface area contributed by atoms with Gasteiger partial charge in [0.2, 0.25) is 0 Å². The highest BCUT2D eigenvalue weighted by Gasteiger charge is 2.20. The molecule has 0 aliphatic rings. The molecule has 1 aromatic heterocycles. The van der Waals surface area contributed by atoms with Gasteiger partial charge in [0.15, 0.2) is 0 Å². The molecule has 0 fully saturated rings. The van der Waals surface area contributed by atoms with Crippen LogP contribution in [0.3, 0.4) is 0 Å². The minimum atomic E-state index is -0.794. The number of nitrogens with zero attached hydrogens (tertiary/aromatic N) is 1. The fraction of sp³-hybridized carbons (Fsp3) is 0.571. The van der Waals surface area contributed by atoms with Crippen molar-refractivity contribution in [1.29, 1.82) is 0 Å². The van der Waals surface area contributed by atoms with Crippen LogP contribution in [-0.2, 0) is 4.79 Å². The van der Waals surface area contributed by atoms with Crippen molar-refractivity contribution in [1.82, 2.24) is 4.98 Å². The van der Waals surface area contributed by atoms with E-state index in [1.807, 2.05) is 6.92 Å². The van der Waals surface area contributed by atoms with Crippen LogP contribution in [-0.4, -0.2) is 22.7 Å². The number of rotatable bonds is 8. The molecule has 0 radical (unpaired) electrons. The Bertz CT molecular complexity index is 379. The summed E-state index contributed by atoms with van der Waals surface area (Å²) in [7, 11) is 0. The lowest BCUT2D eigenvalue weighted by Crippen LogP contribution is -2.12. The lowest BCUT2D eigenvalue weighted by molar-refractivity contribution is -0.139. The second-order valence-corrected chi connectivity index (χ2v) is 4.34. The molecule has 100 valence electrons. The molecule has 0 saturated carbocycles. The highest BCUT2D eigenvalue weighted by molar-refractivity contribution is 5.76. The summed E-state index contributed by atoms with van der Waals surface area (Å²) in [6.07, 6.45) is 6.69. The third-order valence-corrected chi connectivity index (χ3v) is 2.75. The zero-order chi connectivity index (χ0) is 13.4. The maximum atomic E-state index is 11.3. The number of unbranched alkanes of at least 4 members (excludes halogenated alkanes) is 1. The van der Waals surface area contributed by atoms with Crippen molar-refractivity contribution in [3.8, 4) is 5.75 Å². The van der Waals surface area contributed by atoms with Crippen molar-refractivity contribution in [2.75, 3.05) is 6.61 Å². The van der Waals surface area contributed by atoms with Gasteiger partial charge < -0.3 is 9.84 Å². The van der Waals surface area contributed by atoms with Crippen molar-refractivity contribution in [3.05, 3.63) is 24.0 Å². The molecular formula is C14H21NO3. The molecule has 1 atom stereocenters. The number of hydrogen-bond acceptors (Lipinski definition) is 3. The van der Waals surface area contributed by atoms with Crippen molar-refractivity contribution >= 4 is 5.97 Å². The minimum Gasteiger partial charge on any atom is -0.492 e. The largest absolute Gasteiger partial charge is 0.492 e. The zero-order valence-corrected chi connectivity index (χ0v) is 11.1. The maximum absolute atomic E-state index is 11.3. The van der Waals surface area contributed by atoms with Gasteiger partial charge in [0.1, 0.15) is 5.75 Å². The summed E-state index contributed by atoms with van der Waals surface area (Å²) in [5.74, 6) is -0.627. The Labute approximate surface area is 108 Å². The lowest BCUT2D eigenvalue weighted by atomic mass is 9.95. The van der Waals surface area contributed by atoms with Crippen LogP contribution in [0, 0.1) is 0 Å². The molecule has 1 N–H and O–H groups in total. The molecular weight excluding hydrogens is 230 g/mol. The number of carboxylic acids is 1. The van der Waals surface area contributed by atoms with Crippen LogP contribution in [0.4, 0.5) is 0 Å². The summed E-state index contributed by atoms with van der Waals surface area (Å²) in [4.78, 5) is 15.3. The average molecular weight is 251 g/mol. The van der Waals surface area contributed by atoms with Crippen molar-refractivity contribution in [2.45, 2.75) is 45.4 Å². The molecule has 18 heavy (non-hydrogen) atoms. The molecule has 1 rings (SSSR count). The SMILES string of the molecule is CCCCC(C(=O)O)c1cncc(OCCC)c1. The van der Waals surface area contributed by atoms with E-state index in [1.54, 1.807) is 18.5 Å². The molecule has 0 amide bonds. The highest BCUT2D eigenvalue weighted by atomic mass is 16.5. The van der Waals surface area contributed by atoms with E-state index < -0.39 is 11.9 Å². The van der Waals surface area contributed by atoms with E-state index in [1.165, 1.54) is 0 Å². The van der Waals surface area contributed by atoms with Crippen LogP contribution < -0.4 is 4.74 Å². The summed E-state index contributed by atoms with van der Waals surface area (Å²) >= 11 is 0. The third kappa shape index (κ3) is 4.35. The van der Waals surface area contributed by atoms with E-state index in [-0.39, 0.29) is 0 Å². The number of aromatic nitrogens is 1. The zero-order valence-electron chi connectivity index (χ0n) is 11.1. The topological polar surface area (TPSA) is 59.4 Å². The standard InChI is InChI=1S/C14H21NO3/c1-3-5-6-13(14(16)17)11-8-12(10-15-9-11)18-7-4-2/h8-10,13H,3-7H2,1-2H3,(H,16,17). The van der Waals surface area contributed by atoms with Gasteiger partial charge in [-0.2, -0.15) is 0 Å². The van der Waals surface area contributed by atoms with Gasteiger partial charge in [-0.1, -0.05) is 26.7 Å². The predicted octanol–water partition coefficient (Wildman–Crippen LogP) is 3.23. The van der Waals surface area contributed by atoms with E-state index >= 15 is 0 Å². The minimum absolute atomic E-state index is 0.484. The maximum Gasteiger partial charge on any atom is 0.311 e. The van der Waals surface area contributed by atoms with Gasteiger partial charge in [-0.25, -0.2) is 0 Å². The first kappa shape index (κ1) is 14.5. The van der Waals surface area contributed by atoms with Gasteiger partial charge in [-0.3, -0.25) is 9.78 Å². The Morgan fingerprint density at radius 2 is 2.17 bits per heavy atom. The lowest BCUT2D eigenvalue weighted by Gasteiger charge is -2.13. The molecule has 0 spiro atoms. The smallest absolute Gasteiger partial charge is 0.311 e. The van der Waals surface area contributed by atoms with Crippen LogP contribution in [0.25, 0.3) is 0 Å². The van der Waals surface area contributed by atoms with Gasteiger partial charge in [0.25, 0.3) is 0 Å². The first-order valence-electron chi connectivity index (χ1n) is 6.49. The molecule has 1 heterocycles.